The first-order valence-electron chi connectivity index (χ1n) is 13.3. The van der Waals surface area contributed by atoms with Gasteiger partial charge in [-0.3, -0.25) is 9.69 Å². The van der Waals surface area contributed by atoms with Crippen LogP contribution in [0.4, 0.5) is 23.7 Å². The highest BCUT2D eigenvalue weighted by Crippen LogP contribution is 2.34. The molecule has 2 heterocycles. The number of aromatic nitrogens is 3. The number of amides is 3. The van der Waals surface area contributed by atoms with Gasteiger partial charge in [0.1, 0.15) is 12.1 Å². The Balaban J connectivity index is 1.21. The first-order valence-corrected chi connectivity index (χ1v) is 14.3. The van der Waals surface area contributed by atoms with Gasteiger partial charge in [0.15, 0.2) is 11.0 Å². The highest BCUT2D eigenvalue weighted by atomic mass is 32.2. The number of halogens is 3. The van der Waals surface area contributed by atoms with Crippen LogP contribution in [0.5, 0.6) is 5.75 Å². The summed E-state index contributed by atoms with van der Waals surface area (Å²) >= 11 is 1.19. The fourth-order valence-electron chi connectivity index (χ4n) is 4.33. The number of amidine groups is 1. The molecule has 3 aromatic carbocycles. The second kappa shape index (κ2) is 12.7. The van der Waals surface area contributed by atoms with Crippen LogP contribution in [0.25, 0.3) is 17.1 Å². The Bertz CT molecular complexity index is 1730. The van der Waals surface area contributed by atoms with Gasteiger partial charge in [-0.15, -0.1) is 18.3 Å². The van der Waals surface area contributed by atoms with Crippen molar-refractivity contribution in [3.63, 3.8) is 0 Å². The summed E-state index contributed by atoms with van der Waals surface area (Å²) in [4.78, 5) is 35.1. The average Bonchev–Trinajstić information content (AvgIpc) is 3.60. The van der Waals surface area contributed by atoms with Crippen molar-refractivity contribution in [1.29, 1.82) is 0 Å². The van der Waals surface area contributed by atoms with Crippen LogP contribution >= 0.6 is 11.8 Å². The smallest absolute Gasteiger partial charge is 0.406 e. The first-order chi connectivity index (χ1) is 21.0. The number of ether oxygens (including phenoxy) is 1. The number of aliphatic imine (C=N–C) groups is 1. The van der Waals surface area contributed by atoms with E-state index in [0.29, 0.717) is 28.3 Å². The monoisotopic (exact) mass is 621 g/mol. The molecule has 1 aromatic heterocycles. The van der Waals surface area contributed by atoms with Crippen LogP contribution < -0.4 is 15.1 Å². The zero-order valence-electron chi connectivity index (χ0n) is 23.7. The standard InChI is InChI=1S/C30H26F3N7O3S/c1-18(2)24-14-19(3)4-13-25(24)40-26(41)16-44-29(40)36-28(42)37-35-15-20-5-7-21(8-6-20)27-34-17-39(38-27)22-9-11-23(12-10-22)43-30(31,32)33/h4-15,17-18H,16H2,1-3H3,(H,37,42)/b35-15+,36-29?. The van der Waals surface area contributed by atoms with Crippen molar-refractivity contribution in [3.05, 3.63) is 89.7 Å². The molecule has 0 saturated carbocycles. The molecule has 4 aromatic rings. The Hall–Kier alpha value is -4.98. The fourth-order valence-corrected chi connectivity index (χ4v) is 5.19. The summed E-state index contributed by atoms with van der Waals surface area (Å²) in [7, 11) is 0. The van der Waals surface area contributed by atoms with Crippen LogP contribution in [0.2, 0.25) is 0 Å². The van der Waals surface area contributed by atoms with Gasteiger partial charge in [-0.2, -0.15) is 10.1 Å². The van der Waals surface area contributed by atoms with Crippen LogP contribution in [0.3, 0.4) is 0 Å². The predicted molar refractivity (Wildman–Crippen MR) is 162 cm³/mol. The molecular formula is C30H26F3N7O3S. The summed E-state index contributed by atoms with van der Waals surface area (Å²) in [5.74, 6) is 0.269. The number of carbonyl (C=O) groups excluding carboxylic acids is 2. The van der Waals surface area contributed by atoms with E-state index in [4.69, 9.17) is 0 Å². The summed E-state index contributed by atoms with van der Waals surface area (Å²) in [6.45, 7) is 6.08. The minimum Gasteiger partial charge on any atom is -0.406 e. The van der Waals surface area contributed by atoms with Gasteiger partial charge in [-0.05, 0) is 54.3 Å². The van der Waals surface area contributed by atoms with E-state index < -0.39 is 12.4 Å². The van der Waals surface area contributed by atoms with E-state index in [-0.39, 0.29) is 28.5 Å². The van der Waals surface area contributed by atoms with Crippen LogP contribution in [0.15, 0.2) is 83.2 Å². The quantitative estimate of drug-likeness (QED) is 0.188. The summed E-state index contributed by atoms with van der Waals surface area (Å²) in [6, 6.07) is 17.4. The number of rotatable bonds is 7. The molecule has 1 fully saturated rings. The van der Waals surface area contributed by atoms with Crippen molar-refractivity contribution in [3.8, 4) is 22.8 Å². The summed E-state index contributed by atoms with van der Waals surface area (Å²) in [5, 5.41) is 8.64. The molecule has 0 unspecified atom stereocenters. The number of alkyl halides is 3. The van der Waals surface area contributed by atoms with Gasteiger partial charge < -0.3 is 4.74 Å². The predicted octanol–water partition coefficient (Wildman–Crippen LogP) is 6.44. The van der Waals surface area contributed by atoms with Crippen molar-refractivity contribution in [2.45, 2.75) is 33.1 Å². The number of hydrazone groups is 1. The number of nitrogens with zero attached hydrogens (tertiary/aromatic N) is 6. The van der Waals surface area contributed by atoms with Crippen LogP contribution in [0.1, 0.15) is 36.5 Å². The van der Waals surface area contributed by atoms with E-state index in [1.165, 1.54) is 58.2 Å². The Morgan fingerprint density at radius 3 is 2.50 bits per heavy atom. The lowest BCUT2D eigenvalue weighted by molar-refractivity contribution is -0.274. The number of thioether (sulfide) groups is 1. The largest absolute Gasteiger partial charge is 0.573 e. The third-order valence-electron chi connectivity index (χ3n) is 6.38. The molecule has 3 amide bonds. The molecule has 0 bridgehead atoms. The summed E-state index contributed by atoms with van der Waals surface area (Å²) in [5.41, 5.74) is 7.02. The van der Waals surface area contributed by atoms with E-state index in [1.807, 2.05) is 39.0 Å². The lowest BCUT2D eigenvalue weighted by Gasteiger charge is -2.22. The molecule has 1 aliphatic rings. The molecule has 1 N–H and O–H groups in total. The summed E-state index contributed by atoms with van der Waals surface area (Å²) < 4.78 is 42.5. The van der Waals surface area contributed by atoms with E-state index >= 15 is 0 Å². The first kappa shape index (κ1) is 30.5. The van der Waals surface area contributed by atoms with Gasteiger partial charge in [0.05, 0.1) is 23.3 Å². The van der Waals surface area contributed by atoms with Gasteiger partial charge in [-0.25, -0.2) is 19.9 Å². The maximum absolute atomic E-state index is 12.7. The Kier molecular flexibility index (Phi) is 8.81. The Labute approximate surface area is 254 Å². The molecule has 5 rings (SSSR count). The van der Waals surface area contributed by atoms with Crippen molar-refractivity contribution < 1.29 is 27.5 Å². The number of carbonyl (C=O) groups is 2. The van der Waals surface area contributed by atoms with Gasteiger partial charge in [-0.1, -0.05) is 67.6 Å². The molecule has 1 aliphatic heterocycles. The minimum atomic E-state index is -4.77. The lowest BCUT2D eigenvalue weighted by Crippen LogP contribution is -2.31. The van der Waals surface area contributed by atoms with Crippen LogP contribution in [-0.4, -0.2) is 50.2 Å². The topological polar surface area (TPSA) is 114 Å². The zero-order valence-corrected chi connectivity index (χ0v) is 24.6. The number of urea groups is 1. The second-order valence-corrected chi connectivity index (χ2v) is 10.9. The number of benzene rings is 3. The lowest BCUT2D eigenvalue weighted by atomic mass is 9.98. The number of nitrogens with one attached hydrogen (secondary N) is 1. The molecule has 0 aliphatic carbocycles. The highest BCUT2D eigenvalue weighted by Gasteiger charge is 2.32. The summed E-state index contributed by atoms with van der Waals surface area (Å²) in [6.07, 6.45) is -1.88. The zero-order chi connectivity index (χ0) is 31.4. The average molecular weight is 622 g/mol. The van der Waals surface area contributed by atoms with Crippen molar-refractivity contribution in [1.82, 2.24) is 20.2 Å². The van der Waals surface area contributed by atoms with E-state index in [9.17, 15) is 22.8 Å². The number of aryl methyl sites for hydroxylation is 1. The van der Waals surface area contributed by atoms with Crippen molar-refractivity contribution >= 4 is 40.8 Å². The van der Waals surface area contributed by atoms with Crippen molar-refractivity contribution in [2.24, 2.45) is 10.1 Å². The normalized spacial score (nSPS) is 14.7. The maximum Gasteiger partial charge on any atom is 0.573 e. The van der Waals surface area contributed by atoms with Crippen LogP contribution in [0, 0.1) is 6.92 Å². The van der Waals surface area contributed by atoms with Crippen molar-refractivity contribution in [2.75, 3.05) is 10.7 Å². The van der Waals surface area contributed by atoms with E-state index in [0.717, 1.165) is 11.1 Å². The molecule has 10 nitrogen and oxygen atoms in total. The maximum atomic E-state index is 12.7. The number of anilines is 1. The SMILES string of the molecule is Cc1ccc(N2C(=O)CSC2=NC(=O)N/N=C/c2ccc(-c3ncn(-c4ccc(OC(F)(F)F)cc4)n3)cc2)c(C(C)C)c1. The third-order valence-corrected chi connectivity index (χ3v) is 7.30. The molecule has 44 heavy (non-hydrogen) atoms. The molecule has 0 spiro atoms. The minimum absolute atomic E-state index is 0.149. The molecule has 1 saturated heterocycles. The molecule has 14 heteroatoms. The Morgan fingerprint density at radius 2 is 1.82 bits per heavy atom. The highest BCUT2D eigenvalue weighted by molar-refractivity contribution is 8.15. The number of hydrogen-bond donors (Lipinski definition) is 1. The van der Waals surface area contributed by atoms with Gasteiger partial charge in [0.25, 0.3) is 0 Å². The number of hydrogen-bond acceptors (Lipinski definition) is 7. The van der Waals surface area contributed by atoms with E-state index in [1.54, 1.807) is 24.3 Å². The van der Waals surface area contributed by atoms with Gasteiger partial charge in [0, 0.05) is 5.56 Å². The van der Waals surface area contributed by atoms with Gasteiger partial charge >= 0.3 is 12.4 Å². The fraction of sp³-hybridized carbons (Fsp3) is 0.200. The Morgan fingerprint density at radius 1 is 1.09 bits per heavy atom. The second-order valence-electron chi connectivity index (χ2n) is 9.98. The molecule has 0 radical (unpaired) electrons. The van der Waals surface area contributed by atoms with E-state index in [2.05, 4.69) is 30.3 Å². The molecular weight excluding hydrogens is 595 g/mol. The molecule has 226 valence electrons. The van der Waals surface area contributed by atoms with Gasteiger partial charge in [0.2, 0.25) is 5.91 Å². The molecule has 0 atom stereocenters. The third kappa shape index (κ3) is 7.32. The van der Waals surface area contributed by atoms with Crippen LogP contribution in [-0.2, 0) is 4.79 Å².